The number of benzene rings is 3. The number of aromatic amines is 1. The van der Waals surface area contributed by atoms with Crippen molar-refractivity contribution < 1.29 is 13.2 Å². The highest BCUT2D eigenvalue weighted by molar-refractivity contribution is 7.92. The van der Waals surface area contributed by atoms with Crippen LogP contribution in [0.4, 0.5) is 5.69 Å². The molecular weight excluding hydrogens is 486 g/mol. The average Bonchev–Trinajstić information content (AvgIpc) is 2.85. The summed E-state index contributed by atoms with van der Waals surface area (Å²) in [6.45, 7) is 2.34. The molecule has 4 rings (SSSR count). The van der Waals surface area contributed by atoms with E-state index in [-0.39, 0.29) is 15.8 Å². The predicted molar refractivity (Wildman–Crippen MR) is 139 cm³/mol. The molecule has 0 bridgehead atoms. The minimum atomic E-state index is -3.93. The number of carbonyl (C=O) groups excluding carboxylic acids is 1. The third-order valence-corrected chi connectivity index (χ3v) is 7.27. The normalized spacial score (nSPS) is 11.4. The summed E-state index contributed by atoms with van der Waals surface area (Å²) in [6, 6.07) is 18.6. The van der Waals surface area contributed by atoms with Crippen molar-refractivity contribution in [1.29, 1.82) is 0 Å². The molecule has 0 aliphatic heterocycles. The van der Waals surface area contributed by atoms with Crippen molar-refractivity contribution in [2.75, 3.05) is 11.3 Å². The van der Waals surface area contributed by atoms with E-state index in [1.165, 1.54) is 24.4 Å². The van der Waals surface area contributed by atoms with Gasteiger partial charge in [0.2, 0.25) is 5.43 Å². The molecule has 3 N–H and O–H groups in total. The smallest absolute Gasteiger partial charge is 0.261 e. The number of hydrogen-bond acceptors (Lipinski definition) is 4. The van der Waals surface area contributed by atoms with Crippen LogP contribution in [0.1, 0.15) is 28.4 Å². The van der Waals surface area contributed by atoms with Crippen molar-refractivity contribution in [3.05, 3.63) is 105 Å². The maximum atomic E-state index is 13.0. The highest BCUT2D eigenvalue weighted by atomic mass is 35.5. The van der Waals surface area contributed by atoms with Gasteiger partial charge >= 0.3 is 0 Å². The molecule has 3 aromatic carbocycles. The Hall–Kier alpha value is -3.62. The van der Waals surface area contributed by atoms with E-state index in [2.05, 4.69) is 15.0 Å². The van der Waals surface area contributed by atoms with E-state index in [9.17, 15) is 18.0 Å². The number of carbonyl (C=O) groups is 1. The van der Waals surface area contributed by atoms with E-state index in [0.29, 0.717) is 29.2 Å². The number of sulfonamides is 1. The summed E-state index contributed by atoms with van der Waals surface area (Å²) in [7, 11) is -3.93. The van der Waals surface area contributed by atoms with Crippen LogP contribution in [0.2, 0.25) is 5.02 Å². The van der Waals surface area contributed by atoms with Crippen LogP contribution in [0, 0.1) is 0 Å². The minimum Gasteiger partial charge on any atom is -0.360 e. The molecule has 0 saturated heterocycles. The third-order valence-electron chi connectivity index (χ3n) is 5.63. The first-order chi connectivity index (χ1) is 16.8. The quantitative estimate of drug-likeness (QED) is 0.324. The maximum absolute atomic E-state index is 13.0. The van der Waals surface area contributed by atoms with Gasteiger partial charge in [-0.3, -0.25) is 14.3 Å². The second-order valence-electron chi connectivity index (χ2n) is 8.03. The Labute approximate surface area is 208 Å². The molecule has 1 heterocycles. The molecule has 180 valence electrons. The highest BCUT2D eigenvalue weighted by Gasteiger charge is 2.18. The Morgan fingerprint density at radius 2 is 1.66 bits per heavy atom. The molecule has 0 fully saturated rings. The lowest BCUT2D eigenvalue weighted by Crippen LogP contribution is -2.30. The molecular formula is C26H24ClN3O4S. The number of halogens is 1. The van der Waals surface area contributed by atoms with E-state index in [0.717, 1.165) is 17.5 Å². The molecule has 1 amide bonds. The van der Waals surface area contributed by atoms with Crippen LogP contribution in [-0.4, -0.2) is 25.9 Å². The lowest BCUT2D eigenvalue weighted by molar-refractivity contribution is 0.0953. The monoisotopic (exact) mass is 509 g/mol. The second-order valence-corrected chi connectivity index (χ2v) is 10.1. The number of anilines is 1. The first kappa shape index (κ1) is 24.5. The van der Waals surface area contributed by atoms with E-state index in [1.54, 1.807) is 24.3 Å². The van der Waals surface area contributed by atoms with Crippen LogP contribution in [0.3, 0.4) is 0 Å². The third kappa shape index (κ3) is 5.72. The van der Waals surface area contributed by atoms with Crippen molar-refractivity contribution in [2.24, 2.45) is 0 Å². The molecule has 0 saturated carbocycles. The number of amides is 1. The number of aromatic nitrogens is 1. The van der Waals surface area contributed by atoms with Crippen molar-refractivity contribution in [2.45, 2.75) is 24.7 Å². The van der Waals surface area contributed by atoms with E-state index in [4.69, 9.17) is 11.6 Å². The molecule has 0 atom stereocenters. The molecule has 0 aliphatic carbocycles. The molecule has 4 aromatic rings. The summed E-state index contributed by atoms with van der Waals surface area (Å²) >= 11 is 5.88. The van der Waals surface area contributed by atoms with Crippen LogP contribution in [-0.2, 0) is 22.9 Å². The number of pyridine rings is 1. The maximum Gasteiger partial charge on any atom is 0.261 e. The second kappa shape index (κ2) is 10.3. The molecule has 35 heavy (non-hydrogen) atoms. The zero-order valence-electron chi connectivity index (χ0n) is 19.0. The van der Waals surface area contributed by atoms with Crippen molar-refractivity contribution >= 4 is 44.1 Å². The standard InChI is InChI=1S/C26H24ClN3O4S/c1-2-17-5-9-20(10-6-17)30-35(33,34)21-11-12-24-22(15-21)25(31)23(16-29-24)26(32)28-14-13-18-3-7-19(27)8-4-18/h3-12,15-16,30H,2,13-14H2,1H3,(H,28,32)(H,29,31). The van der Waals surface area contributed by atoms with Gasteiger partial charge in [0.15, 0.2) is 0 Å². The van der Waals surface area contributed by atoms with Crippen LogP contribution in [0.25, 0.3) is 10.9 Å². The summed E-state index contributed by atoms with van der Waals surface area (Å²) in [5, 5.41) is 3.47. The first-order valence-electron chi connectivity index (χ1n) is 11.1. The van der Waals surface area contributed by atoms with Crippen molar-refractivity contribution in [1.82, 2.24) is 10.3 Å². The van der Waals surface area contributed by atoms with Gasteiger partial charge in [-0.2, -0.15) is 0 Å². The number of rotatable bonds is 8. The number of fused-ring (bicyclic) bond motifs is 1. The number of H-pyrrole nitrogens is 1. The van der Waals surface area contributed by atoms with Gasteiger partial charge in [-0.15, -0.1) is 0 Å². The van der Waals surface area contributed by atoms with Crippen LogP contribution < -0.4 is 15.5 Å². The largest absolute Gasteiger partial charge is 0.360 e. The molecule has 7 nitrogen and oxygen atoms in total. The van der Waals surface area contributed by atoms with Gasteiger partial charge in [0.25, 0.3) is 15.9 Å². The lowest BCUT2D eigenvalue weighted by atomic mass is 10.1. The SMILES string of the molecule is CCc1ccc(NS(=O)(=O)c2ccc3[nH]cc(C(=O)NCCc4ccc(Cl)cc4)c(=O)c3c2)cc1. The summed E-state index contributed by atoms with van der Waals surface area (Å²) < 4.78 is 28.4. The molecule has 0 spiro atoms. The number of nitrogens with one attached hydrogen (secondary N) is 3. The highest BCUT2D eigenvalue weighted by Crippen LogP contribution is 2.20. The fourth-order valence-electron chi connectivity index (χ4n) is 3.62. The fraction of sp³-hybridized carbons (Fsp3) is 0.154. The zero-order valence-corrected chi connectivity index (χ0v) is 20.5. The fourth-order valence-corrected chi connectivity index (χ4v) is 4.83. The van der Waals surface area contributed by atoms with Crippen LogP contribution in [0.5, 0.6) is 0 Å². The van der Waals surface area contributed by atoms with Gasteiger partial charge < -0.3 is 10.3 Å². The van der Waals surface area contributed by atoms with Gasteiger partial charge in [-0.05, 0) is 66.4 Å². The summed E-state index contributed by atoms with van der Waals surface area (Å²) in [6.07, 6.45) is 2.75. The van der Waals surface area contributed by atoms with Gasteiger partial charge in [-0.1, -0.05) is 42.8 Å². The van der Waals surface area contributed by atoms with Crippen LogP contribution in [0.15, 0.2) is 82.6 Å². The van der Waals surface area contributed by atoms with E-state index in [1.807, 2.05) is 31.2 Å². The zero-order chi connectivity index (χ0) is 25.0. The van der Waals surface area contributed by atoms with Crippen molar-refractivity contribution in [3.8, 4) is 0 Å². The Morgan fingerprint density at radius 1 is 0.971 bits per heavy atom. The summed E-state index contributed by atoms with van der Waals surface area (Å²) in [4.78, 5) is 28.5. The molecule has 0 unspecified atom stereocenters. The Balaban J connectivity index is 1.54. The Kier molecular flexibility index (Phi) is 7.23. The van der Waals surface area contributed by atoms with Gasteiger partial charge in [-0.25, -0.2) is 8.42 Å². The van der Waals surface area contributed by atoms with Gasteiger partial charge in [0, 0.05) is 34.4 Å². The number of aryl methyl sites for hydroxylation is 1. The van der Waals surface area contributed by atoms with Gasteiger partial charge in [0.05, 0.1) is 4.90 Å². The van der Waals surface area contributed by atoms with E-state index >= 15 is 0 Å². The summed E-state index contributed by atoms with van der Waals surface area (Å²) in [5.41, 5.74) is 2.29. The predicted octanol–water partition coefficient (Wildman–Crippen LogP) is 4.52. The van der Waals surface area contributed by atoms with Gasteiger partial charge in [0.1, 0.15) is 5.56 Å². The first-order valence-corrected chi connectivity index (χ1v) is 12.9. The minimum absolute atomic E-state index is 0.0737. The lowest BCUT2D eigenvalue weighted by Gasteiger charge is -2.10. The number of hydrogen-bond donors (Lipinski definition) is 3. The topological polar surface area (TPSA) is 108 Å². The average molecular weight is 510 g/mol. The molecule has 1 aromatic heterocycles. The Morgan fingerprint density at radius 3 is 2.34 bits per heavy atom. The molecule has 0 radical (unpaired) electrons. The van der Waals surface area contributed by atoms with Crippen LogP contribution >= 0.6 is 11.6 Å². The molecule has 0 aliphatic rings. The summed E-state index contributed by atoms with van der Waals surface area (Å²) in [5.74, 6) is -0.537. The Bertz CT molecular complexity index is 1530. The van der Waals surface area contributed by atoms with Crippen molar-refractivity contribution in [3.63, 3.8) is 0 Å². The molecule has 9 heteroatoms. The van der Waals surface area contributed by atoms with E-state index < -0.39 is 21.4 Å².